The van der Waals surface area contributed by atoms with Crippen LogP contribution in [0.2, 0.25) is 0 Å². The van der Waals surface area contributed by atoms with E-state index >= 15 is 0 Å². The minimum Gasteiger partial charge on any atom is -0.389 e. The third-order valence-corrected chi connectivity index (χ3v) is 2.68. The lowest BCUT2D eigenvalue weighted by Gasteiger charge is -2.42. The van der Waals surface area contributed by atoms with Crippen molar-refractivity contribution in [3.63, 3.8) is 0 Å². The number of hydrogen-bond acceptors (Lipinski definition) is 4. The van der Waals surface area contributed by atoms with Crippen LogP contribution < -0.4 is 0 Å². The van der Waals surface area contributed by atoms with Crippen molar-refractivity contribution in [2.75, 3.05) is 0 Å². The van der Waals surface area contributed by atoms with Gasteiger partial charge < -0.3 is 14.9 Å². The smallest absolute Gasteiger partial charge is 0.174 e. The van der Waals surface area contributed by atoms with Gasteiger partial charge in [-0.2, -0.15) is 0 Å². The van der Waals surface area contributed by atoms with Crippen LogP contribution in [0, 0.1) is 0 Å². The van der Waals surface area contributed by atoms with Crippen LogP contribution in [0.3, 0.4) is 0 Å². The highest BCUT2D eigenvalue weighted by Gasteiger charge is 2.50. The van der Waals surface area contributed by atoms with Gasteiger partial charge >= 0.3 is 0 Å². The van der Waals surface area contributed by atoms with Crippen molar-refractivity contribution < 1.29 is 19.7 Å². The maximum absolute atomic E-state index is 11.2. The third kappa shape index (κ3) is 1.61. The van der Waals surface area contributed by atoms with Crippen LogP contribution in [0.15, 0.2) is 0 Å². The van der Waals surface area contributed by atoms with Gasteiger partial charge in [-0.05, 0) is 20.8 Å². The van der Waals surface area contributed by atoms with Crippen molar-refractivity contribution in [2.45, 2.75) is 51.1 Å². The second kappa shape index (κ2) is 3.36. The zero-order chi connectivity index (χ0) is 10.2. The van der Waals surface area contributed by atoms with E-state index in [9.17, 15) is 15.0 Å². The summed E-state index contributed by atoms with van der Waals surface area (Å²) in [7, 11) is 0. The number of Topliss-reactive ketones (excluding diaryl/α,β-unsaturated/α-hetero) is 1. The predicted molar refractivity (Wildman–Crippen MR) is 46.3 cm³/mol. The van der Waals surface area contributed by atoms with E-state index in [0.29, 0.717) is 6.42 Å². The molecule has 1 fully saturated rings. The van der Waals surface area contributed by atoms with E-state index in [-0.39, 0.29) is 6.10 Å². The fourth-order valence-electron chi connectivity index (χ4n) is 1.79. The number of carbonyl (C=O) groups excluding carboxylic acids is 1. The average molecular weight is 188 g/mol. The highest BCUT2D eigenvalue weighted by molar-refractivity contribution is 5.86. The molecule has 0 radical (unpaired) electrons. The molecule has 0 aromatic heterocycles. The zero-order valence-corrected chi connectivity index (χ0v) is 8.15. The van der Waals surface area contributed by atoms with E-state index < -0.39 is 23.6 Å². The first-order chi connectivity index (χ1) is 5.89. The Hall–Kier alpha value is -0.450. The molecule has 1 aliphatic rings. The molecule has 76 valence electrons. The molecule has 0 aromatic rings. The van der Waals surface area contributed by atoms with Gasteiger partial charge in [0, 0.05) is 6.42 Å². The quantitative estimate of drug-likeness (QED) is 0.601. The van der Waals surface area contributed by atoms with Crippen LogP contribution in [-0.4, -0.2) is 39.9 Å². The fraction of sp³-hybridized carbons (Fsp3) is 0.889. The van der Waals surface area contributed by atoms with Crippen molar-refractivity contribution >= 4 is 5.78 Å². The van der Waals surface area contributed by atoms with Gasteiger partial charge in [0.2, 0.25) is 0 Å². The maximum Gasteiger partial charge on any atom is 0.174 e. The number of carbonyl (C=O) groups is 1. The molecule has 13 heavy (non-hydrogen) atoms. The summed E-state index contributed by atoms with van der Waals surface area (Å²) in [5.41, 5.74) is -1.73. The summed E-state index contributed by atoms with van der Waals surface area (Å²) in [6.07, 6.45) is -1.50. The molecule has 1 saturated heterocycles. The molecule has 0 spiro atoms. The van der Waals surface area contributed by atoms with Crippen molar-refractivity contribution in [1.82, 2.24) is 0 Å². The van der Waals surface area contributed by atoms with Crippen LogP contribution in [0.4, 0.5) is 0 Å². The summed E-state index contributed by atoms with van der Waals surface area (Å²) < 4.78 is 5.30. The van der Waals surface area contributed by atoms with Gasteiger partial charge in [0.25, 0.3) is 0 Å². The minimum atomic E-state index is -1.73. The lowest BCUT2D eigenvalue weighted by molar-refractivity contribution is -0.214. The number of aliphatic hydroxyl groups excluding tert-OH is 1. The molecule has 0 aliphatic carbocycles. The normalized spacial score (nSPS) is 46.1. The van der Waals surface area contributed by atoms with Gasteiger partial charge in [-0.25, -0.2) is 0 Å². The summed E-state index contributed by atoms with van der Waals surface area (Å²) in [5, 5.41) is 19.5. The summed E-state index contributed by atoms with van der Waals surface area (Å²) in [4.78, 5) is 11.2. The molecule has 0 bridgehead atoms. The molecule has 4 nitrogen and oxygen atoms in total. The molecule has 4 atom stereocenters. The van der Waals surface area contributed by atoms with Crippen LogP contribution in [-0.2, 0) is 9.53 Å². The first-order valence-corrected chi connectivity index (χ1v) is 4.46. The number of rotatable bonds is 1. The van der Waals surface area contributed by atoms with Crippen LogP contribution in [0.25, 0.3) is 0 Å². The maximum atomic E-state index is 11.2. The summed E-state index contributed by atoms with van der Waals surface area (Å²) in [6, 6.07) is 0. The molecular formula is C9H16O4. The first kappa shape index (κ1) is 10.6. The van der Waals surface area contributed by atoms with Crippen molar-refractivity contribution in [3.8, 4) is 0 Å². The zero-order valence-electron chi connectivity index (χ0n) is 8.15. The average Bonchev–Trinajstić information content (AvgIpc) is 1.99. The second-order valence-electron chi connectivity index (χ2n) is 3.72. The first-order valence-electron chi connectivity index (χ1n) is 4.46. The Labute approximate surface area is 77.5 Å². The highest BCUT2D eigenvalue weighted by Crippen LogP contribution is 2.29. The lowest BCUT2D eigenvalue weighted by Crippen LogP contribution is -2.61. The topological polar surface area (TPSA) is 66.8 Å². The lowest BCUT2D eigenvalue weighted by atomic mass is 9.82. The van der Waals surface area contributed by atoms with E-state index in [4.69, 9.17) is 4.74 Å². The molecule has 0 amide bonds. The van der Waals surface area contributed by atoms with E-state index in [1.54, 1.807) is 13.8 Å². The standard InChI is InChI=1S/C9H16O4/c1-5-4-8(11)9(12,6(2)10)7(3)13-5/h5,7-8,11-12H,4H2,1-3H3. The highest BCUT2D eigenvalue weighted by atomic mass is 16.5. The molecule has 0 saturated carbocycles. The van der Waals surface area contributed by atoms with Crippen molar-refractivity contribution in [3.05, 3.63) is 0 Å². The van der Waals surface area contributed by atoms with Crippen LogP contribution >= 0.6 is 0 Å². The Balaban J connectivity index is 2.89. The number of aliphatic hydroxyl groups is 2. The Kier molecular flexibility index (Phi) is 2.75. The SMILES string of the molecule is CC(=O)C1(O)C(O)CC(C)OC1C. The molecule has 4 unspecified atom stereocenters. The van der Waals surface area contributed by atoms with Gasteiger partial charge in [0.15, 0.2) is 11.4 Å². The summed E-state index contributed by atoms with van der Waals surface area (Å²) in [5.74, 6) is -0.445. The molecule has 1 aliphatic heterocycles. The Bertz CT molecular complexity index is 202. The van der Waals surface area contributed by atoms with Gasteiger partial charge in [0.1, 0.15) is 0 Å². The van der Waals surface area contributed by atoms with Gasteiger partial charge in [-0.15, -0.1) is 0 Å². The third-order valence-electron chi connectivity index (χ3n) is 2.68. The van der Waals surface area contributed by atoms with Crippen LogP contribution in [0.1, 0.15) is 27.2 Å². The molecule has 1 rings (SSSR count). The molecular weight excluding hydrogens is 172 g/mol. The number of ketones is 1. The monoisotopic (exact) mass is 188 g/mol. The van der Waals surface area contributed by atoms with Gasteiger partial charge in [-0.3, -0.25) is 4.79 Å². The van der Waals surface area contributed by atoms with Gasteiger partial charge in [-0.1, -0.05) is 0 Å². The largest absolute Gasteiger partial charge is 0.389 e. The van der Waals surface area contributed by atoms with Crippen LogP contribution in [0.5, 0.6) is 0 Å². The van der Waals surface area contributed by atoms with E-state index in [0.717, 1.165) is 0 Å². The summed E-state index contributed by atoms with van der Waals surface area (Å²) >= 11 is 0. The second-order valence-corrected chi connectivity index (χ2v) is 3.72. The number of ether oxygens (including phenoxy) is 1. The number of hydrogen-bond donors (Lipinski definition) is 2. The fourth-order valence-corrected chi connectivity index (χ4v) is 1.79. The minimum absolute atomic E-state index is 0.121. The predicted octanol–water partition coefficient (Wildman–Crippen LogP) is -0.135. The Morgan fingerprint density at radius 1 is 1.54 bits per heavy atom. The van der Waals surface area contributed by atoms with Crippen molar-refractivity contribution in [1.29, 1.82) is 0 Å². The molecule has 0 aromatic carbocycles. The molecule has 2 N–H and O–H groups in total. The van der Waals surface area contributed by atoms with E-state index in [1.807, 2.05) is 0 Å². The Morgan fingerprint density at radius 3 is 2.46 bits per heavy atom. The van der Waals surface area contributed by atoms with Crippen molar-refractivity contribution in [2.24, 2.45) is 0 Å². The molecule has 1 heterocycles. The van der Waals surface area contributed by atoms with E-state index in [2.05, 4.69) is 0 Å². The molecule has 4 heteroatoms. The Morgan fingerprint density at radius 2 is 2.08 bits per heavy atom. The van der Waals surface area contributed by atoms with Gasteiger partial charge in [0.05, 0.1) is 18.3 Å². The summed E-state index contributed by atoms with van der Waals surface area (Å²) in [6.45, 7) is 4.67. The van der Waals surface area contributed by atoms with E-state index in [1.165, 1.54) is 6.92 Å².